The number of halogens is 2. The van der Waals surface area contributed by atoms with E-state index in [1.807, 2.05) is 36.1 Å². The first-order valence-electron chi connectivity index (χ1n) is 10.3. The molecule has 0 aliphatic carbocycles. The smallest absolute Gasteiger partial charge is 0.237 e. The normalized spacial score (nSPS) is 16.6. The molecule has 31 heavy (non-hydrogen) atoms. The van der Waals surface area contributed by atoms with Crippen LogP contribution in [0.2, 0.25) is 0 Å². The van der Waals surface area contributed by atoms with Gasteiger partial charge in [-0.3, -0.25) is 14.5 Å². The Morgan fingerprint density at radius 2 is 1.94 bits per heavy atom. The van der Waals surface area contributed by atoms with Crippen molar-refractivity contribution in [2.75, 3.05) is 19.7 Å². The number of nitrogens with zero attached hydrogens (tertiary/aromatic N) is 1. The summed E-state index contributed by atoms with van der Waals surface area (Å²) in [6.45, 7) is 5.45. The molecule has 3 rings (SSSR count). The molecule has 1 saturated heterocycles. The van der Waals surface area contributed by atoms with E-state index in [-0.39, 0.29) is 30.0 Å². The van der Waals surface area contributed by atoms with Gasteiger partial charge in [0.15, 0.2) is 11.6 Å². The number of hydrogen-bond donors (Lipinski definition) is 2. The minimum atomic E-state index is -0.965. The topological polar surface area (TPSA) is 70.7 Å². The van der Waals surface area contributed by atoms with Crippen LogP contribution >= 0.6 is 0 Å². The lowest BCUT2D eigenvalue weighted by Gasteiger charge is -2.34. The quantitative estimate of drug-likeness (QED) is 0.674. The molecule has 0 aromatic heterocycles. The summed E-state index contributed by atoms with van der Waals surface area (Å²) in [6.07, 6.45) is -0.0706. The largest absolute Gasteiger partial charge is 0.494 e. The van der Waals surface area contributed by atoms with Crippen LogP contribution in [0.4, 0.5) is 8.78 Å². The maximum absolute atomic E-state index is 14.0. The van der Waals surface area contributed by atoms with Crippen molar-refractivity contribution in [2.24, 2.45) is 0 Å². The lowest BCUT2D eigenvalue weighted by atomic mass is 10.1. The highest BCUT2D eigenvalue weighted by Gasteiger charge is 2.31. The number of amides is 2. The molecule has 2 N–H and O–H groups in total. The van der Waals surface area contributed by atoms with E-state index >= 15 is 0 Å². The first-order valence-corrected chi connectivity index (χ1v) is 10.3. The van der Waals surface area contributed by atoms with E-state index in [2.05, 4.69) is 10.6 Å². The fourth-order valence-corrected chi connectivity index (χ4v) is 3.53. The average molecular weight is 431 g/mol. The van der Waals surface area contributed by atoms with Gasteiger partial charge in [0.25, 0.3) is 0 Å². The van der Waals surface area contributed by atoms with E-state index < -0.39 is 23.6 Å². The molecule has 0 spiro atoms. The third-order valence-electron chi connectivity index (χ3n) is 5.27. The number of benzene rings is 2. The van der Waals surface area contributed by atoms with Gasteiger partial charge < -0.3 is 15.4 Å². The Morgan fingerprint density at radius 3 is 2.65 bits per heavy atom. The van der Waals surface area contributed by atoms with Gasteiger partial charge >= 0.3 is 0 Å². The van der Waals surface area contributed by atoms with Crippen LogP contribution in [-0.4, -0.2) is 42.5 Å². The summed E-state index contributed by atoms with van der Waals surface area (Å²) in [5.41, 5.74) is 1.27. The fourth-order valence-electron chi connectivity index (χ4n) is 3.53. The fraction of sp³-hybridized carbons (Fsp3) is 0.391. The molecule has 0 bridgehead atoms. The van der Waals surface area contributed by atoms with Gasteiger partial charge in [-0.1, -0.05) is 24.3 Å². The second kappa shape index (κ2) is 10.3. The van der Waals surface area contributed by atoms with Crippen molar-refractivity contribution in [3.8, 4) is 5.75 Å². The second-order valence-electron chi connectivity index (χ2n) is 7.50. The van der Waals surface area contributed by atoms with Crippen molar-refractivity contribution in [1.29, 1.82) is 0 Å². The number of carbonyl (C=O) groups excluding carboxylic acids is 2. The van der Waals surface area contributed by atoms with Gasteiger partial charge in [0, 0.05) is 31.7 Å². The summed E-state index contributed by atoms with van der Waals surface area (Å²) in [7, 11) is 0. The Hall–Kier alpha value is -3.00. The molecule has 0 saturated carbocycles. The molecular formula is C23H27F2N3O3. The molecule has 1 fully saturated rings. The van der Waals surface area contributed by atoms with Crippen LogP contribution in [0.3, 0.4) is 0 Å². The maximum Gasteiger partial charge on any atom is 0.237 e. The molecule has 1 aliphatic rings. The lowest BCUT2D eigenvalue weighted by Crippen LogP contribution is -2.56. The third-order valence-corrected chi connectivity index (χ3v) is 5.27. The molecule has 2 aromatic rings. The van der Waals surface area contributed by atoms with E-state index in [1.165, 1.54) is 19.1 Å². The van der Waals surface area contributed by atoms with Crippen molar-refractivity contribution in [3.05, 3.63) is 64.7 Å². The van der Waals surface area contributed by atoms with Crippen LogP contribution < -0.4 is 15.4 Å². The maximum atomic E-state index is 14.0. The van der Waals surface area contributed by atoms with Crippen LogP contribution in [0.15, 0.2) is 36.4 Å². The van der Waals surface area contributed by atoms with Gasteiger partial charge in [-0.2, -0.15) is 0 Å². The number of nitrogens with one attached hydrogen (secondary N) is 2. The molecule has 1 aliphatic heterocycles. The molecule has 8 heteroatoms. The van der Waals surface area contributed by atoms with Gasteiger partial charge in [-0.05, 0) is 37.1 Å². The van der Waals surface area contributed by atoms with Crippen LogP contribution in [0.25, 0.3) is 0 Å². The Bertz CT molecular complexity index is 934. The van der Waals surface area contributed by atoms with Crippen LogP contribution in [0, 0.1) is 18.6 Å². The SMILES string of the molecule is CCOc1ccc(CN2CCNC(=O)C2CC(=O)NCc2ccc(C)c(F)c2F)cc1. The molecule has 0 radical (unpaired) electrons. The number of rotatable bonds is 8. The van der Waals surface area contributed by atoms with Crippen molar-refractivity contribution in [2.45, 2.75) is 39.4 Å². The minimum Gasteiger partial charge on any atom is -0.494 e. The summed E-state index contributed by atoms with van der Waals surface area (Å²) in [6, 6.07) is 9.89. The monoisotopic (exact) mass is 431 g/mol. The number of piperazine rings is 1. The first kappa shape index (κ1) is 22.7. The van der Waals surface area contributed by atoms with Crippen LogP contribution in [-0.2, 0) is 22.7 Å². The van der Waals surface area contributed by atoms with Crippen molar-refractivity contribution >= 4 is 11.8 Å². The van der Waals surface area contributed by atoms with Crippen molar-refractivity contribution in [1.82, 2.24) is 15.5 Å². The zero-order valence-electron chi connectivity index (χ0n) is 17.7. The summed E-state index contributed by atoms with van der Waals surface area (Å²) in [4.78, 5) is 26.8. The van der Waals surface area contributed by atoms with Gasteiger partial charge in [-0.15, -0.1) is 0 Å². The van der Waals surface area contributed by atoms with Crippen LogP contribution in [0.1, 0.15) is 30.0 Å². The molecule has 2 amide bonds. The zero-order chi connectivity index (χ0) is 22.4. The Kier molecular flexibility index (Phi) is 7.57. The molecular weight excluding hydrogens is 404 g/mol. The summed E-state index contributed by atoms with van der Waals surface area (Å²) in [5, 5.41) is 5.38. The average Bonchev–Trinajstić information content (AvgIpc) is 2.75. The number of ether oxygens (including phenoxy) is 1. The highest BCUT2D eigenvalue weighted by Crippen LogP contribution is 2.18. The molecule has 6 nitrogen and oxygen atoms in total. The van der Waals surface area contributed by atoms with E-state index in [9.17, 15) is 18.4 Å². The van der Waals surface area contributed by atoms with Crippen LogP contribution in [0.5, 0.6) is 5.75 Å². The summed E-state index contributed by atoms with van der Waals surface area (Å²) in [5.74, 6) is -1.73. The predicted octanol–water partition coefficient (Wildman–Crippen LogP) is 2.68. The van der Waals surface area contributed by atoms with Gasteiger partial charge in [-0.25, -0.2) is 8.78 Å². The predicted molar refractivity (Wildman–Crippen MR) is 112 cm³/mol. The summed E-state index contributed by atoms with van der Waals surface area (Å²) < 4.78 is 33.2. The summed E-state index contributed by atoms with van der Waals surface area (Å²) >= 11 is 0. The minimum absolute atomic E-state index is 0.0655. The second-order valence-corrected chi connectivity index (χ2v) is 7.50. The van der Waals surface area contributed by atoms with Crippen molar-refractivity contribution < 1.29 is 23.1 Å². The number of hydrogen-bond acceptors (Lipinski definition) is 4. The lowest BCUT2D eigenvalue weighted by molar-refractivity contribution is -0.134. The van der Waals surface area contributed by atoms with Crippen molar-refractivity contribution in [3.63, 3.8) is 0 Å². The third kappa shape index (κ3) is 5.79. The van der Waals surface area contributed by atoms with Gasteiger partial charge in [0.05, 0.1) is 19.1 Å². The standard InChI is InChI=1S/C23H27F2N3O3/c1-3-31-18-8-5-16(6-9-18)14-28-11-10-26-23(30)19(28)12-20(29)27-13-17-7-4-15(2)21(24)22(17)25/h4-9,19H,3,10-14H2,1-2H3,(H,26,30)(H,27,29). The number of carbonyl (C=O) groups is 2. The number of aryl methyl sites for hydroxylation is 1. The van der Waals surface area contributed by atoms with E-state index in [4.69, 9.17) is 4.74 Å². The Morgan fingerprint density at radius 1 is 1.19 bits per heavy atom. The Labute approximate surface area is 180 Å². The van der Waals surface area contributed by atoms with E-state index in [0.29, 0.717) is 26.2 Å². The molecule has 1 unspecified atom stereocenters. The Balaban J connectivity index is 1.61. The molecule has 2 aromatic carbocycles. The zero-order valence-corrected chi connectivity index (χ0v) is 17.7. The molecule has 1 heterocycles. The molecule has 1 atom stereocenters. The first-order chi connectivity index (χ1) is 14.9. The van der Waals surface area contributed by atoms with E-state index in [0.717, 1.165) is 11.3 Å². The van der Waals surface area contributed by atoms with Gasteiger partial charge in [0.2, 0.25) is 11.8 Å². The van der Waals surface area contributed by atoms with E-state index in [1.54, 1.807) is 0 Å². The van der Waals surface area contributed by atoms with Gasteiger partial charge in [0.1, 0.15) is 5.75 Å². The molecule has 166 valence electrons. The highest BCUT2D eigenvalue weighted by atomic mass is 19.2. The highest BCUT2D eigenvalue weighted by molar-refractivity contribution is 5.88.